The standard InChI is InChI=1S/C18H21N3O3/c1-3-8-19-17(22)14-7-6-13(9-11(14)2)20-18(23)15-10-16(24-21-15)12-4-5-12/h6-7,9-10,12H,3-5,8H2,1-2H3,(H,19,22)(H,20,23). The number of nitrogens with one attached hydrogen (secondary N) is 2. The van der Waals surface area contributed by atoms with Crippen LogP contribution in [0.2, 0.25) is 0 Å². The molecule has 126 valence electrons. The number of rotatable bonds is 6. The summed E-state index contributed by atoms with van der Waals surface area (Å²) in [6.45, 7) is 4.49. The maximum Gasteiger partial charge on any atom is 0.277 e. The van der Waals surface area contributed by atoms with Gasteiger partial charge in [0, 0.05) is 29.8 Å². The topological polar surface area (TPSA) is 84.2 Å². The lowest BCUT2D eigenvalue weighted by molar-refractivity contribution is 0.0952. The van der Waals surface area contributed by atoms with Crippen LogP contribution in [-0.2, 0) is 0 Å². The van der Waals surface area contributed by atoms with Crippen LogP contribution < -0.4 is 10.6 Å². The van der Waals surface area contributed by atoms with Crippen LogP contribution in [0.1, 0.15) is 64.3 Å². The minimum Gasteiger partial charge on any atom is -0.360 e. The molecule has 0 bridgehead atoms. The van der Waals surface area contributed by atoms with Gasteiger partial charge >= 0.3 is 0 Å². The SMILES string of the molecule is CCCNC(=O)c1ccc(NC(=O)c2cc(C3CC3)on2)cc1C. The molecule has 0 saturated heterocycles. The first-order valence-corrected chi connectivity index (χ1v) is 8.25. The van der Waals surface area contributed by atoms with Gasteiger partial charge in [0.15, 0.2) is 5.69 Å². The van der Waals surface area contributed by atoms with E-state index in [1.807, 2.05) is 13.8 Å². The molecule has 2 aromatic rings. The summed E-state index contributed by atoms with van der Waals surface area (Å²) in [5, 5.41) is 9.46. The van der Waals surface area contributed by atoms with E-state index in [1.54, 1.807) is 24.3 Å². The van der Waals surface area contributed by atoms with Crippen LogP contribution >= 0.6 is 0 Å². The summed E-state index contributed by atoms with van der Waals surface area (Å²) in [4.78, 5) is 24.3. The van der Waals surface area contributed by atoms with Gasteiger partial charge in [0.25, 0.3) is 11.8 Å². The van der Waals surface area contributed by atoms with Crippen molar-refractivity contribution in [1.82, 2.24) is 10.5 Å². The number of hydrogen-bond acceptors (Lipinski definition) is 4. The molecule has 1 aliphatic carbocycles. The molecule has 0 radical (unpaired) electrons. The molecule has 1 fully saturated rings. The molecule has 1 aromatic carbocycles. The van der Waals surface area contributed by atoms with E-state index in [0.29, 0.717) is 23.7 Å². The molecular weight excluding hydrogens is 306 g/mol. The van der Waals surface area contributed by atoms with E-state index >= 15 is 0 Å². The molecule has 2 N–H and O–H groups in total. The Morgan fingerprint density at radius 1 is 1.25 bits per heavy atom. The second-order valence-corrected chi connectivity index (χ2v) is 6.13. The van der Waals surface area contributed by atoms with Crippen LogP contribution in [-0.4, -0.2) is 23.5 Å². The molecule has 2 amide bonds. The second kappa shape index (κ2) is 6.86. The number of aryl methyl sites for hydroxylation is 1. The van der Waals surface area contributed by atoms with E-state index in [2.05, 4.69) is 15.8 Å². The summed E-state index contributed by atoms with van der Waals surface area (Å²) in [6.07, 6.45) is 3.08. The monoisotopic (exact) mass is 327 g/mol. The number of benzene rings is 1. The number of aromatic nitrogens is 1. The molecule has 1 heterocycles. The molecule has 1 aliphatic rings. The first-order valence-electron chi connectivity index (χ1n) is 8.25. The first-order chi connectivity index (χ1) is 11.6. The van der Waals surface area contributed by atoms with Crippen LogP contribution in [0.15, 0.2) is 28.8 Å². The van der Waals surface area contributed by atoms with Gasteiger partial charge in [-0.25, -0.2) is 0 Å². The lowest BCUT2D eigenvalue weighted by Gasteiger charge is -2.09. The largest absolute Gasteiger partial charge is 0.360 e. The highest BCUT2D eigenvalue weighted by Crippen LogP contribution is 2.40. The van der Waals surface area contributed by atoms with Crippen molar-refractivity contribution in [1.29, 1.82) is 0 Å². The average Bonchev–Trinajstić information content (AvgIpc) is 3.29. The molecule has 0 spiro atoms. The van der Waals surface area contributed by atoms with Gasteiger partial charge in [-0.2, -0.15) is 0 Å². The summed E-state index contributed by atoms with van der Waals surface area (Å²) in [7, 11) is 0. The van der Waals surface area contributed by atoms with Crippen molar-refractivity contribution < 1.29 is 14.1 Å². The van der Waals surface area contributed by atoms with E-state index in [1.165, 1.54) is 0 Å². The van der Waals surface area contributed by atoms with Crippen molar-refractivity contribution in [3.8, 4) is 0 Å². The highest BCUT2D eigenvalue weighted by atomic mass is 16.5. The smallest absolute Gasteiger partial charge is 0.277 e. The van der Waals surface area contributed by atoms with Crippen molar-refractivity contribution in [2.75, 3.05) is 11.9 Å². The Morgan fingerprint density at radius 3 is 2.71 bits per heavy atom. The third-order valence-electron chi connectivity index (χ3n) is 4.01. The van der Waals surface area contributed by atoms with Gasteiger partial charge in [-0.05, 0) is 49.9 Å². The van der Waals surface area contributed by atoms with Crippen molar-refractivity contribution in [3.05, 3.63) is 46.8 Å². The molecule has 0 unspecified atom stereocenters. The number of carbonyl (C=O) groups is 2. The summed E-state index contributed by atoms with van der Waals surface area (Å²) >= 11 is 0. The predicted octanol–water partition coefficient (Wildman–Crippen LogP) is 3.25. The summed E-state index contributed by atoms with van der Waals surface area (Å²) in [5.74, 6) is 0.785. The Labute approximate surface area is 140 Å². The summed E-state index contributed by atoms with van der Waals surface area (Å²) in [6, 6.07) is 6.91. The zero-order chi connectivity index (χ0) is 17.1. The highest BCUT2D eigenvalue weighted by molar-refractivity contribution is 6.03. The molecule has 6 nitrogen and oxygen atoms in total. The summed E-state index contributed by atoms with van der Waals surface area (Å²) in [5.41, 5.74) is 2.32. The van der Waals surface area contributed by atoms with Crippen molar-refractivity contribution in [2.45, 2.75) is 39.0 Å². The number of anilines is 1. The van der Waals surface area contributed by atoms with Crippen LogP contribution in [0, 0.1) is 6.92 Å². The van der Waals surface area contributed by atoms with E-state index in [0.717, 1.165) is 30.6 Å². The van der Waals surface area contributed by atoms with Gasteiger partial charge in [0.2, 0.25) is 0 Å². The lowest BCUT2D eigenvalue weighted by Crippen LogP contribution is -2.24. The molecule has 0 aliphatic heterocycles. The minimum atomic E-state index is -0.312. The Balaban J connectivity index is 1.67. The average molecular weight is 327 g/mol. The van der Waals surface area contributed by atoms with Crippen molar-refractivity contribution >= 4 is 17.5 Å². The fourth-order valence-electron chi connectivity index (χ4n) is 2.48. The first kappa shape index (κ1) is 16.2. The minimum absolute atomic E-state index is 0.0993. The third kappa shape index (κ3) is 3.64. The van der Waals surface area contributed by atoms with Crippen molar-refractivity contribution in [2.24, 2.45) is 0 Å². The van der Waals surface area contributed by atoms with Gasteiger partial charge in [-0.15, -0.1) is 0 Å². The Bertz CT molecular complexity index is 763. The fourth-order valence-corrected chi connectivity index (χ4v) is 2.48. The highest BCUT2D eigenvalue weighted by Gasteiger charge is 2.28. The molecule has 24 heavy (non-hydrogen) atoms. The van der Waals surface area contributed by atoms with E-state index in [4.69, 9.17) is 4.52 Å². The number of carbonyl (C=O) groups excluding carboxylic acids is 2. The number of hydrogen-bond donors (Lipinski definition) is 2. The number of nitrogens with zero attached hydrogens (tertiary/aromatic N) is 1. The Morgan fingerprint density at radius 2 is 2.04 bits per heavy atom. The molecule has 6 heteroatoms. The number of amides is 2. The van der Waals surface area contributed by atoms with E-state index in [-0.39, 0.29) is 17.5 Å². The molecule has 3 rings (SSSR count). The van der Waals surface area contributed by atoms with Crippen molar-refractivity contribution in [3.63, 3.8) is 0 Å². The van der Waals surface area contributed by atoms with Crippen LogP contribution in [0.3, 0.4) is 0 Å². The van der Waals surface area contributed by atoms with Gasteiger partial charge in [0.05, 0.1) is 0 Å². The zero-order valence-corrected chi connectivity index (χ0v) is 13.9. The van der Waals surface area contributed by atoms with Crippen LogP contribution in [0.5, 0.6) is 0 Å². The maximum absolute atomic E-state index is 12.2. The quantitative estimate of drug-likeness (QED) is 0.853. The van der Waals surface area contributed by atoms with E-state index in [9.17, 15) is 9.59 Å². The van der Waals surface area contributed by atoms with Gasteiger partial charge in [0.1, 0.15) is 5.76 Å². The van der Waals surface area contributed by atoms with Gasteiger partial charge in [-0.1, -0.05) is 12.1 Å². The van der Waals surface area contributed by atoms with Crippen LogP contribution in [0.25, 0.3) is 0 Å². The fraction of sp³-hybridized carbons (Fsp3) is 0.389. The molecular formula is C18H21N3O3. The van der Waals surface area contributed by atoms with Gasteiger partial charge in [-0.3, -0.25) is 9.59 Å². The summed E-state index contributed by atoms with van der Waals surface area (Å²) < 4.78 is 5.20. The maximum atomic E-state index is 12.2. The molecule has 1 saturated carbocycles. The zero-order valence-electron chi connectivity index (χ0n) is 13.9. The lowest BCUT2D eigenvalue weighted by atomic mass is 10.1. The van der Waals surface area contributed by atoms with Crippen LogP contribution in [0.4, 0.5) is 5.69 Å². The molecule has 0 atom stereocenters. The predicted molar refractivity (Wildman–Crippen MR) is 90.2 cm³/mol. The third-order valence-corrected chi connectivity index (χ3v) is 4.01. The normalized spacial score (nSPS) is 13.6. The van der Waals surface area contributed by atoms with Gasteiger partial charge < -0.3 is 15.2 Å². The molecule has 1 aromatic heterocycles. The Kier molecular flexibility index (Phi) is 4.64. The second-order valence-electron chi connectivity index (χ2n) is 6.13. The Hall–Kier alpha value is -2.63. The van der Waals surface area contributed by atoms with E-state index < -0.39 is 0 Å².